The Morgan fingerprint density at radius 2 is 2.42 bits per heavy atom. The van der Waals surface area contributed by atoms with E-state index in [1.54, 1.807) is 24.1 Å². The Labute approximate surface area is 117 Å². The minimum atomic E-state index is -0.166. The van der Waals surface area contributed by atoms with Crippen molar-refractivity contribution < 1.29 is 9.90 Å². The van der Waals surface area contributed by atoms with Crippen LogP contribution in [0.5, 0.6) is 0 Å². The molecular formula is C13H18ClN3O2. The normalized spacial score (nSPS) is 19.3. The summed E-state index contributed by atoms with van der Waals surface area (Å²) >= 11 is 6.05. The number of carbonyl (C=O) groups excluding carboxylic acids is 1. The Hall–Kier alpha value is -1.33. The van der Waals surface area contributed by atoms with Gasteiger partial charge in [0.05, 0.1) is 5.02 Å². The molecule has 1 saturated heterocycles. The summed E-state index contributed by atoms with van der Waals surface area (Å²) in [6, 6.07) is 3.40. The van der Waals surface area contributed by atoms with Gasteiger partial charge in [-0.2, -0.15) is 0 Å². The van der Waals surface area contributed by atoms with Crippen LogP contribution in [0.25, 0.3) is 0 Å². The molecule has 0 aliphatic carbocycles. The average Bonchev–Trinajstić information content (AvgIpc) is 2.47. The number of hydrogen-bond donors (Lipinski definition) is 2. The molecule has 5 nitrogen and oxygen atoms in total. The Balaban J connectivity index is 2.18. The van der Waals surface area contributed by atoms with Crippen molar-refractivity contribution in [2.45, 2.75) is 12.8 Å². The lowest BCUT2D eigenvalue weighted by Crippen LogP contribution is -2.41. The number of amides is 1. The predicted octanol–water partition coefficient (Wildman–Crippen LogP) is 1.62. The summed E-state index contributed by atoms with van der Waals surface area (Å²) < 4.78 is 0. The van der Waals surface area contributed by atoms with Crippen LogP contribution >= 0.6 is 11.6 Å². The molecule has 1 fully saturated rings. The van der Waals surface area contributed by atoms with Gasteiger partial charge in [0.25, 0.3) is 5.91 Å². The van der Waals surface area contributed by atoms with Gasteiger partial charge in [-0.15, -0.1) is 0 Å². The molecule has 1 amide bonds. The van der Waals surface area contributed by atoms with Crippen molar-refractivity contribution in [3.63, 3.8) is 0 Å². The monoisotopic (exact) mass is 283 g/mol. The van der Waals surface area contributed by atoms with Gasteiger partial charge in [0, 0.05) is 26.7 Å². The molecule has 2 rings (SSSR count). The standard InChI is InChI=1S/C13H18ClN3O2/c1-15-11-5-4-10(14)12(16-11)13(19)17-6-2-3-9(7-17)8-18/h4-5,9,18H,2-3,6-8H2,1H3,(H,15,16). The summed E-state index contributed by atoms with van der Waals surface area (Å²) in [4.78, 5) is 18.4. The van der Waals surface area contributed by atoms with Gasteiger partial charge in [-0.05, 0) is 30.9 Å². The van der Waals surface area contributed by atoms with Crippen molar-refractivity contribution in [3.8, 4) is 0 Å². The first-order valence-corrected chi connectivity index (χ1v) is 6.78. The molecule has 19 heavy (non-hydrogen) atoms. The molecule has 1 aromatic heterocycles. The molecule has 0 spiro atoms. The zero-order valence-corrected chi connectivity index (χ0v) is 11.7. The molecule has 1 aromatic rings. The van der Waals surface area contributed by atoms with E-state index in [-0.39, 0.29) is 24.1 Å². The quantitative estimate of drug-likeness (QED) is 0.885. The maximum Gasteiger partial charge on any atom is 0.274 e. The highest BCUT2D eigenvalue weighted by molar-refractivity contribution is 6.33. The molecule has 0 saturated carbocycles. The second kappa shape index (κ2) is 6.21. The lowest BCUT2D eigenvalue weighted by Gasteiger charge is -2.31. The second-order valence-corrected chi connectivity index (χ2v) is 5.13. The molecule has 104 valence electrons. The van der Waals surface area contributed by atoms with E-state index in [0.29, 0.717) is 23.9 Å². The summed E-state index contributed by atoms with van der Waals surface area (Å²) in [7, 11) is 1.74. The van der Waals surface area contributed by atoms with Gasteiger partial charge in [-0.1, -0.05) is 11.6 Å². The molecule has 6 heteroatoms. The zero-order valence-electron chi connectivity index (χ0n) is 10.9. The highest BCUT2D eigenvalue weighted by Crippen LogP contribution is 2.22. The number of aliphatic hydroxyl groups is 1. The Bertz CT molecular complexity index is 467. The summed E-state index contributed by atoms with van der Waals surface area (Å²) in [6.45, 7) is 1.37. The van der Waals surface area contributed by atoms with Gasteiger partial charge < -0.3 is 15.3 Å². The van der Waals surface area contributed by atoms with E-state index in [1.807, 2.05) is 0 Å². The van der Waals surface area contributed by atoms with Crippen LogP contribution in [0.2, 0.25) is 5.02 Å². The number of hydrogen-bond acceptors (Lipinski definition) is 4. The predicted molar refractivity (Wildman–Crippen MR) is 74.5 cm³/mol. The maximum atomic E-state index is 12.4. The van der Waals surface area contributed by atoms with Gasteiger partial charge >= 0.3 is 0 Å². The molecule has 2 heterocycles. The molecule has 1 unspecified atom stereocenters. The van der Waals surface area contributed by atoms with Crippen molar-refractivity contribution in [2.24, 2.45) is 5.92 Å². The van der Waals surface area contributed by atoms with Crippen LogP contribution in [0.1, 0.15) is 23.3 Å². The highest BCUT2D eigenvalue weighted by atomic mass is 35.5. The summed E-state index contributed by atoms with van der Waals surface area (Å²) in [5.41, 5.74) is 0.270. The fraction of sp³-hybridized carbons (Fsp3) is 0.538. The average molecular weight is 284 g/mol. The number of likely N-dealkylation sites (tertiary alicyclic amines) is 1. The molecule has 1 aliphatic heterocycles. The molecule has 1 atom stereocenters. The van der Waals surface area contributed by atoms with Crippen LogP contribution in [0.15, 0.2) is 12.1 Å². The number of anilines is 1. The van der Waals surface area contributed by atoms with Crippen molar-refractivity contribution in [1.29, 1.82) is 0 Å². The molecule has 0 aromatic carbocycles. The minimum absolute atomic E-state index is 0.113. The maximum absolute atomic E-state index is 12.4. The number of aromatic nitrogens is 1. The number of rotatable bonds is 3. The lowest BCUT2D eigenvalue weighted by atomic mass is 9.99. The van der Waals surface area contributed by atoms with Gasteiger partial charge in [0.2, 0.25) is 0 Å². The van der Waals surface area contributed by atoms with Gasteiger partial charge in [-0.3, -0.25) is 4.79 Å². The molecular weight excluding hydrogens is 266 g/mol. The SMILES string of the molecule is CNc1ccc(Cl)c(C(=O)N2CCCC(CO)C2)n1. The fourth-order valence-electron chi connectivity index (χ4n) is 2.28. The molecule has 0 bridgehead atoms. The summed E-state index contributed by atoms with van der Waals surface area (Å²) in [5, 5.41) is 12.5. The summed E-state index contributed by atoms with van der Waals surface area (Å²) in [6.07, 6.45) is 1.86. The number of aliphatic hydroxyl groups excluding tert-OH is 1. The third kappa shape index (κ3) is 3.16. The molecule has 1 aliphatic rings. The van der Waals surface area contributed by atoms with E-state index in [2.05, 4.69) is 10.3 Å². The largest absolute Gasteiger partial charge is 0.396 e. The topological polar surface area (TPSA) is 65.5 Å². The van der Waals surface area contributed by atoms with Crippen molar-refractivity contribution >= 4 is 23.3 Å². The van der Waals surface area contributed by atoms with E-state index >= 15 is 0 Å². The van der Waals surface area contributed by atoms with Crippen LogP contribution in [0, 0.1) is 5.92 Å². The Kier molecular flexibility index (Phi) is 4.61. The molecule has 2 N–H and O–H groups in total. The highest BCUT2D eigenvalue weighted by Gasteiger charge is 2.26. The number of carbonyl (C=O) groups is 1. The second-order valence-electron chi connectivity index (χ2n) is 4.72. The van der Waals surface area contributed by atoms with Crippen LogP contribution in [-0.4, -0.2) is 47.6 Å². The van der Waals surface area contributed by atoms with E-state index in [4.69, 9.17) is 11.6 Å². The number of nitrogens with zero attached hydrogens (tertiary/aromatic N) is 2. The van der Waals surface area contributed by atoms with Crippen LogP contribution in [0.4, 0.5) is 5.82 Å². The minimum Gasteiger partial charge on any atom is -0.396 e. The van der Waals surface area contributed by atoms with Crippen LogP contribution in [-0.2, 0) is 0 Å². The van der Waals surface area contributed by atoms with Crippen LogP contribution in [0.3, 0.4) is 0 Å². The van der Waals surface area contributed by atoms with E-state index in [9.17, 15) is 9.90 Å². The van der Waals surface area contributed by atoms with Gasteiger partial charge in [0.15, 0.2) is 0 Å². The first-order valence-electron chi connectivity index (χ1n) is 6.40. The van der Waals surface area contributed by atoms with E-state index in [0.717, 1.165) is 12.8 Å². The van der Waals surface area contributed by atoms with Gasteiger partial charge in [-0.25, -0.2) is 4.98 Å². The van der Waals surface area contributed by atoms with E-state index in [1.165, 1.54) is 0 Å². The molecule has 0 radical (unpaired) electrons. The fourth-order valence-corrected chi connectivity index (χ4v) is 2.47. The first kappa shape index (κ1) is 14.1. The first-order chi connectivity index (χ1) is 9.15. The third-order valence-electron chi connectivity index (χ3n) is 3.37. The van der Waals surface area contributed by atoms with Gasteiger partial charge in [0.1, 0.15) is 11.5 Å². The lowest BCUT2D eigenvalue weighted by molar-refractivity contribution is 0.0615. The third-order valence-corrected chi connectivity index (χ3v) is 3.67. The number of nitrogens with one attached hydrogen (secondary N) is 1. The zero-order chi connectivity index (χ0) is 13.8. The van der Waals surface area contributed by atoms with E-state index < -0.39 is 0 Å². The summed E-state index contributed by atoms with van der Waals surface area (Å²) in [5.74, 6) is 0.604. The Morgan fingerprint density at radius 1 is 1.63 bits per heavy atom. The van der Waals surface area contributed by atoms with Crippen molar-refractivity contribution in [1.82, 2.24) is 9.88 Å². The smallest absolute Gasteiger partial charge is 0.274 e. The number of pyridine rings is 1. The number of halogens is 1. The van der Waals surface area contributed by atoms with Crippen molar-refractivity contribution in [3.05, 3.63) is 22.8 Å². The van der Waals surface area contributed by atoms with Crippen molar-refractivity contribution in [2.75, 3.05) is 32.1 Å². The van der Waals surface area contributed by atoms with Crippen LogP contribution < -0.4 is 5.32 Å². The number of piperidine rings is 1. The Morgan fingerprint density at radius 3 is 3.11 bits per heavy atom.